The quantitative estimate of drug-likeness (QED) is 0.824. The summed E-state index contributed by atoms with van der Waals surface area (Å²) in [4.78, 5) is 10.8. The van der Waals surface area contributed by atoms with Crippen molar-refractivity contribution in [2.45, 2.75) is 0 Å². The molecule has 2 rings (SSSR count). The van der Waals surface area contributed by atoms with Crippen molar-refractivity contribution >= 4 is 17.6 Å². The van der Waals surface area contributed by atoms with E-state index in [0.29, 0.717) is 10.7 Å². The molecule has 1 heterocycles. The summed E-state index contributed by atoms with van der Waals surface area (Å²) in [6.45, 7) is 0. The summed E-state index contributed by atoms with van der Waals surface area (Å²) in [7, 11) is 0. The van der Waals surface area contributed by atoms with E-state index in [4.69, 9.17) is 16.7 Å². The molecule has 0 fully saturated rings. The first kappa shape index (κ1) is 9.60. The van der Waals surface area contributed by atoms with Gasteiger partial charge in [-0.3, -0.25) is 0 Å². The minimum absolute atomic E-state index is 0.275. The average Bonchev–Trinajstić information content (AvgIpc) is 2.67. The molecule has 0 amide bonds. The number of carbonyl (C=O) groups is 1. The van der Waals surface area contributed by atoms with Crippen molar-refractivity contribution in [2.24, 2.45) is 0 Å². The van der Waals surface area contributed by atoms with Crippen LogP contribution in [0.2, 0.25) is 5.02 Å². The van der Waals surface area contributed by atoms with Crippen LogP contribution in [-0.4, -0.2) is 31.3 Å². The third kappa shape index (κ3) is 1.66. The van der Waals surface area contributed by atoms with E-state index in [1.807, 2.05) is 0 Å². The van der Waals surface area contributed by atoms with Crippen LogP contribution in [0, 0.1) is 0 Å². The van der Waals surface area contributed by atoms with E-state index in [-0.39, 0.29) is 5.82 Å². The van der Waals surface area contributed by atoms with Crippen LogP contribution in [0.25, 0.3) is 5.69 Å². The summed E-state index contributed by atoms with van der Waals surface area (Å²) in [6, 6.07) is 6.71. The standard InChI is InChI=1S/C8H5ClN4O2/c9-5-3-1-2-4-6(5)13-7(8(14)15)10-11-12-13/h1-4H,(H,14,15). The number of carboxylic acids is 1. The van der Waals surface area contributed by atoms with Crippen molar-refractivity contribution in [3.05, 3.63) is 35.1 Å². The maximum Gasteiger partial charge on any atom is 0.376 e. The Labute approximate surface area is 89.1 Å². The molecule has 0 atom stereocenters. The van der Waals surface area contributed by atoms with Crippen LogP contribution in [0.5, 0.6) is 0 Å². The number of aromatic nitrogens is 4. The van der Waals surface area contributed by atoms with Crippen LogP contribution in [0.1, 0.15) is 10.6 Å². The van der Waals surface area contributed by atoms with Crippen molar-refractivity contribution in [2.75, 3.05) is 0 Å². The van der Waals surface area contributed by atoms with E-state index < -0.39 is 5.97 Å². The first-order chi connectivity index (χ1) is 7.20. The number of aromatic carboxylic acids is 1. The average molecular weight is 225 g/mol. The fraction of sp³-hybridized carbons (Fsp3) is 0. The molecule has 1 aromatic heterocycles. The fourth-order valence-electron chi connectivity index (χ4n) is 1.11. The van der Waals surface area contributed by atoms with Gasteiger partial charge in [0.05, 0.1) is 10.7 Å². The van der Waals surface area contributed by atoms with Gasteiger partial charge < -0.3 is 5.11 Å². The molecule has 0 aliphatic heterocycles. The largest absolute Gasteiger partial charge is 0.475 e. The zero-order valence-electron chi connectivity index (χ0n) is 7.33. The number of hydrogen-bond acceptors (Lipinski definition) is 4. The summed E-state index contributed by atoms with van der Waals surface area (Å²) in [6.07, 6.45) is 0. The number of carboxylic acid groups (broad SMARTS) is 1. The number of para-hydroxylation sites is 1. The first-order valence-corrected chi connectivity index (χ1v) is 4.34. The van der Waals surface area contributed by atoms with Crippen LogP contribution in [-0.2, 0) is 0 Å². The van der Waals surface area contributed by atoms with Gasteiger partial charge in [-0.05, 0) is 22.6 Å². The Balaban J connectivity index is 2.59. The third-order valence-electron chi connectivity index (χ3n) is 1.74. The highest BCUT2D eigenvalue weighted by Crippen LogP contribution is 2.19. The lowest BCUT2D eigenvalue weighted by atomic mass is 10.3. The van der Waals surface area contributed by atoms with Crippen molar-refractivity contribution in [3.63, 3.8) is 0 Å². The zero-order valence-corrected chi connectivity index (χ0v) is 8.09. The highest BCUT2D eigenvalue weighted by molar-refractivity contribution is 6.32. The maximum absolute atomic E-state index is 10.8. The van der Waals surface area contributed by atoms with Crippen molar-refractivity contribution in [1.29, 1.82) is 0 Å². The van der Waals surface area contributed by atoms with Gasteiger partial charge in [0.15, 0.2) is 0 Å². The van der Waals surface area contributed by atoms with E-state index in [0.717, 1.165) is 4.68 Å². The Morgan fingerprint density at radius 1 is 1.40 bits per heavy atom. The molecule has 1 N–H and O–H groups in total. The Hall–Kier alpha value is -1.95. The SMILES string of the molecule is O=C(O)c1nnnn1-c1ccccc1Cl. The van der Waals surface area contributed by atoms with E-state index in [2.05, 4.69) is 15.5 Å². The molecule has 0 saturated carbocycles. The van der Waals surface area contributed by atoms with Gasteiger partial charge in [-0.1, -0.05) is 23.7 Å². The molecular weight excluding hydrogens is 220 g/mol. The highest BCUT2D eigenvalue weighted by Gasteiger charge is 2.16. The Kier molecular flexibility index (Phi) is 2.34. The minimum Gasteiger partial charge on any atom is -0.475 e. The summed E-state index contributed by atoms with van der Waals surface area (Å²) >= 11 is 5.88. The van der Waals surface area contributed by atoms with Crippen LogP contribution in [0.4, 0.5) is 0 Å². The van der Waals surface area contributed by atoms with Gasteiger partial charge >= 0.3 is 5.97 Å². The minimum atomic E-state index is -1.21. The molecule has 0 bridgehead atoms. The summed E-state index contributed by atoms with van der Waals surface area (Å²) in [5.74, 6) is -1.48. The van der Waals surface area contributed by atoms with E-state index in [9.17, 15) is 4.79 Å². The van der Waals surface area contributed by atoms with Gasteiger partial charge in [-0.25, -0.2) is 4.79 Å². The lowest BCUT2D eigenvalue weighted by Crippen LogP contribution is -2.09. The van der Waals surface area contributed by atoms with Gasteiger partial charge in [0, 0.05) is 0 Å². The van der Waals surface area contributed by atoms with Crippen molar-refractivity contribution < 1.29 is 9.90 Å². The van der Waals surface area contributed by atoms with Crippen LogP contribution >= 0.6 is 11.6 Å². The number of halogens is 1. The second-order valence-corrected chi connectivity index (χ2v) is 3.08. The van der Waals surface area contributed by atoms with Gasteiger partial charge in [0.2, 0.25) is 0 Å². The molecule has 0 aliphatic carbocycles. The first-order valence-electron chi connectivity index (χ1n) is 3.96. The van der Waals surface area contributed by atoms with Crippen LogP contribution in [0.3, 0.4) is 0 Å². The lowest BCUT2D eigenvalue weighted by molar-refractivity contribution is 0.0680. The Morgan fingerprint density at radius 2 is 2.13 bits per heavy atom. The molecule has 0 unspecified atom stereocenters. The van der Waals surface area contributed by atoms with Crippen LogP contribution < -0.4 is 0 Å². The van der Waals surface area contributed by atoms with Gasteiger partial charge in [-0.2, -0.15) is 4.68 Å². The molecule has 0 saturated heterocycles. The number of nitrogens with zero attached hydrogens (tertiary/aromatic N) is 4. The van der Waals surface area contributed by atoms with Gasteiger partial charge in [0.25, 0.3) is 5.82 Å². The Bertz CT molecular complexity index is 511. The molecule has 6 nitrogen and oxygen atoms in total. The molecule has 2 aromatic rings. The number of hydrogen-bond donors (Lipinski definition) is 1. The lowest BCUT2D eigenvalue weighted by Gasteiger charge is -2.02. The highest BCUT2D eigenvalue weighted by atomic mass is 35.5. The molecule has 0 aliphatic rings. The molecule has 0 spiro atoms. The molecule has 7 heteroatoms. The fourth-order valence-corrected chi connectivity index (χ4v) is 1.32. The van der Waals surface area contributed by atoms with E-state index >= 15 is 0 Å². The van der Waals surface area contributed by atoms with E-state index in [1.54, 1.807) is 24.3 Å². The summed E-state index contributed by atoms with van der Waals surface area (Å²) in [5, 5.41) is 19.4. The van der Waals surface area contributed by atoms with Crippen molar-refractivity contribution in [3.8, 4) is 5.69 Å². The topological polar surface area (TPSA) is 80.9 Å². The van der Waals surface area contributed by atoms with E-state index in [1.165, 1.54) is 0 Å². The summed E-state index contributed by atoms with van der Waals surface area (Å²) in [5.41, 5.74) is 0.432. The van der Waals surface area contributed by atoms with Gasteiger partial charge in [0.1, 0.15) is 0 Å². The predicted molar refractivity (Wildman–Crippen MR) is 51.1 cm³/mol. The number of benzene rings is 1. The zero-order chi connectivity index (χ0) is 10.8. The third-order valence-corrected chi connectivity index (χ3v) is 2.06. The Morgan fingerprint density at radius 3 is 2.80 bits per heavy atom. The molecule has 0 radical (unpaired) electrons. The van der Waals surface area contributed by atoms with Crippen LogP contribution in [0.15, 0.2) is 24.3 Å². The maximum atomic E-state index is 10.8. The smallest absolute Gasteiger partial charge is 0.376 e. The number of rotatable bonds is 2. The predicted octanol–water partition coefficient (Wildman–Crippen LogP) is 1.01. The van der Waals surface area contributed by atoms with Crippen molar-refractivity contribution in [1.82, 2.24) is 20.2 Å². The summed E-state index contributed by atoms with van der Waals surface area (Å²) < 4.78 is 1.07. The second-order valence-electron chi connectivity index (χ2n) is 2.67. The molecule has 76 valence electrons. The molecular formula is C8H5ClN4O2. The van der Waals surface area contributed by atoms with Gasteiger partial charge in [-0.15, -0.1) is 5.10 Å². The molecule has 1 aromatic carbocycles. The number of tetrazole rings is 1. The second kappa shape index (κ2) is 3.66. The molecule has 15 heavy (non-hydrogen) atoms. The normalized spacial score (nSPS) is 10.2. The monoisotopic (exact) mass is 224 g/mol.